The fourth-order valence-electron chi connectivity index (χ4n) is 0. The van der Waals surface area contributed by atoms with Crippen LogP contribution in [0.15, 0.2) is 11.6 Å². The molecule has 0 aromatic carbocycles. The Kier molecular flexibility index (Phi) is 13.2. The molecule has 0 aliphatic rings. The lowest BCUT2D eigenvalue weighted by Gasteiger charge is -1.61. The predicted octanol–water partition coefficient (Wildman–Crippen LogP) is 2.43. The number of hydrogen-bond acceptors (Lipinski definition) is 2. The number of halogens is 1. The van der Waals surface area contributed by atoms with Crippen molar-refractivity contribution >= 4 is 29.0 Å². The standard InChI is InChI=1S/C3H5Cl.CHNS/c1-3(2)4;2-1-3/h1H2,2H3;2H. The predicted molar refractivity (Wildman–Crippen MR) is 36.0 cm³/mol. The monoisotopic (exact) mass is 135 g/mol. The molecule has 40 valence electrons. The lowest BCUT2D eigenvalue weighted by Crippen LogP contribution is -1.34. The number of nitrogens with one attached hydrogen (secondary N) is 1. The molecule has 0 fully saturated rings. The summed E-state index contributed by atoms with van der Waals surface area (Å²) in [5.74, 6) is 0. The molecular weight excluding hydrogens is 130 g/mol. The van der Waals surface area contributed by atoms with Gasteiger partial charge in [0, 0.05) is 5.03 Å². The Morgan fingerprint density at radius 2 is 2.00 bits per heavy atom. The topological polar surface area (TPSA) is 23.9 Å². The Labute approximate surface area is 53.5 Å². The van der Waals surface area contributed by atoms with Crippen LogP contribution in [0.2, 0.25) is 0 Å². The quantitative estimate of drug-likeness (QED) is 0.400. The third-order valence-corrected chi connectivity index (χ3v) is 0. The molecule has 3 heteroatoms. The van der Waals surface area contributed by atoms with Crippen molar-refractivity contribution in [1.29, 1.82) is 5.41 Å². The zero-order valence-corrected chi connectivity index (χ0v) is 5.57. The van der Waals surface area contributed by atoms with Crippen LogP contribution in [0.3, 0.4) is 0 Å². The van der Waals surface area contributed by atoms with Gasteiger partial charge in [-0.3, -0.25) is 0 Å². The van der Waals surface area contributed by atoms with E-state index in [4.69, 9.17) is 17.0 Å². The zero-order chi connectivity index (χ0) is 6.28. The maximum atomic E-state index is 5.77. The fourth-order valence-corrected chi connectivity index (χ4v) is 0. The molecule has 0 unspecified atom stereocenters. The highest BCUT2D eigenvalue weighted by Gasteiger charge is 1.55. The van der Waals surface area contributed by atoms with E-state index in [1.807, 2.05) is 0 Å². The first kappa shape index (κ1) is 9.95. The molecule has 1 nitrogen and oxygen atoms in total. The molecule has 0 bridgehead atoms. The van der Waals surface area contributed by atoms with Crippen LogP contribution in [0.25, 0.3) is 0 Å². The number of rotatable bonds is 0. The minimum absolute atomic E-state index is 0.639. The summed E-state index contributed by atoms with van der Waals surface area (Å²) in [7, 11) is 0. The average Bonchev–Trinajstić information content (AvgIpc) is 1.33. The molecule has 0 amide bonds. The van der Waals surface area contributed by atoms with E-state index in [-0.39, 0.29) is 0 Å². The second-order valence-corrected chi connectivity index (χ2v) is 1.63. The lowest BCUT2D eigenvalue weighted by molar-refractivity contribution is 1.61. The largest absolute Gasteiger partial charge is 0.248 e. The Hall–Kier alpha value is -0.170. The minimum atomic E-state index is 0.639. The molecule has 0 radical (unpaired) electrons. The Morgan fingerprint density at radius 3 is 2.00 bits per heavy atom. The second kappa shape index (κ2) is 9.27. The van der Waals surface area contributed by atoms with Gasteiger partial charge in [0.05, 0.1) is 5.16 Å². The van der Waals surface area contributed by atoms with Crippen LogP contribution in [0.5, 0.6) is 0 Å². The van der Waals surface area contributed by atoms with Crippen LogP contribution >= 0.6 is 23.8 Å². The van der Waals surface area contributed by atoms with Crippen molar-refractivity contribution in [3.05, 3.63) is 11.6 Å². The molecule has 0 heterocycles. The first-order valence-electron chi connectivity index (χ1n) is 1.50. The SMILES string of the molecule is C=C(C)Cl.N=C=S. The summed E-state index contributed by atoms with van der Waals surface area (Å²) in [6, 6.07) is 0. The van der Waals surface area contributed by atoms with Crippen LogP contribution in [0.4, 0.5) is 0 Å². The van der Waals surface area contributed by atoms with E-state index in [0.29, 0.717) is 5.03 Å². The number of allylic oxidation sites excluding steroid dienone is 1. The summed E-state index contributed by atoms with van der Waals surface area (Å²) in [5, 5.41) is 8.00. The number of isothiocyanates is 1. The van der Waals surface area contributed by atoms with Gasteiger partial charge in [-0.2, -0.15) is 0 Å². The van der Waals surface area contributed by atoms with Gasteiger partial charge in [0.1, 0.15) is 0 Å². The van der Waals surface area contributed by atoms with Crippen molar-refractivity contribution in [3.8, 4) is 0 Å². The van der Waals surface area contributed by atoms with E-state index in [9.17, 15) is 0 Å². The van der Waals surface area contributed by atoms with E-state index < -0.39 is 0 Å². The highest BCUT2D eigenvalue weighted by Crippen LogP contribution is 1.87. The highest BCUT2D eigenvalue weighted by molar-refractivity contribution is 7.78. The number of hydrogen-bond donors (Lipinski definition) is 1. The third kappa shape index (κ3) is 2960. The zero-order valence-electron chi connectivity index (χ0n) is 3.99. The van der Waals surface area contributed by atoms with Gasteiger partial charge in [0.15, 0.2) is 0 Å². The van der Waals surface area contributed by atoms with Crippen molar-refractivity contribution in [1.82, 2.24) is 0 Å². The minimum Gasteiger partial charge on any atom is -0.248 e. The number of thiocarbonyl (C=S) groups is 1. The van der Waals surface area contributed by atoms with E-state index in [0.717, 1.165) is 0 Å². The van der Waals surface area contributed by atoms with Gasteiger partial charge in [-0.25, -0.2) is 5.41 Å². The summed E-state index contributed by atoms with van der Waals surface area (Å²) >= 11 is 8.89. The molecule has 0 aromatic rings. The molecule has 0 aromatic heterocycles. The molecule has 0 spiro atoms. The van der Waals surface area contributed by atoms with E-state index in [1.165, 1.54) is 0 Å². The van der Waals surface area contributed by atoms with Gasteiger partial charge in [-0.05, 0) is 19.1 Å². The Morgan fingerprint density at radius 1 is 2.00 bits per heavy atom. The molecule has 0 saturated heterocycles. The summed E-state index contributed by atoms with van der Waals surface area (Å²) in [6.45, 7) is 5.06. The van der Waals surface area contributed by atoms with Gasteiger partial charge < -0.3 is 0 Å². The maximum absolute atomic E-state index is 5.77. The normalized spacial score (nSPS) is 4.86. The van der Waals surface area contributed by atoms with Crippen molar-refractivity contribution < 1.29 is 0 Å². The van der Waals surface area contributed by atoms with Crippen LogP contribution in [-0.4, -0.2) is 5.16 Å². The van der Waals surface area contributed by atoms with Gasteiger partial charge in [0.2, 0.25) is 0 Å². The van der Waals surface area contributed by atoms with Crippen LogP contribution in [-0.2, 0) is 0 Å². The van der Waals surface area contributed by atoms with Gasteiger partial charge in [-0.1, -0.05) is 18.2 Å². The van der Waals surface area contributed by atoms with Crippen LogP contribution < -0.4 is 0 Å². The van der Waals surface area contributed by atoms with Crippen molar-refractivity contribution in [2.75, 3.05) is 0 Å². The molecule has 7 heavy (non-hydrogen) atoms. The summed E-state index contributed by atoms with van der Waals surface area (Å²) < 4.78 is 0. The molecule has 0 aliphatic heterocycles. The fraction of sp³-hybridized carbons (Fsp3) is 0.250. The van der Waals surface area contributed by atoms with Gasteiger partial charge in [0.25, 0.3) is 0 Å². The van der Waals surface area contributed by atoms with Crippen LogP contribution in [0, 0.1) is 5.41 Å². The maximum Gasteiger partial charge on any atom is 0.0554 e. The van der Waals surface area contributed by atoms with E-state index >= 15 is 0 Å². The highest BCUT2D eigenvalue weighted by atomic mass is 35.5. The van der Waals surface area contributed by atoms with Gasteiger partial charge >= 0.3 is 0 Å². The van der Waals surface area contributed by atoms with Crippen molar-refractivity contribution in [2.45, 2.75) is 6.92 Å². The molecule has 0 aliphatic carbocycles. The molecule has 0 atom stereocenters. The summed E-state index contributed by atoms with van der Waals surface area (Å²) in [4.78, 5) is 0. The third-order valence-electron chi connectivity index (χ3n) is 0. The van der Waals surface area contributed by atoms with Gasteiger partial charge in [-0.15, -0.1) is 0 Å². The van der Waals surface area contributed by atoms with Crippen LogP contribution in [0.1, 0.15) is 6.92 Å². The lowest BCUT2D eigenvalue weighted by atomic mass is 10.8. The summed E-state index contributed by atoms with van der Waals surface area (Å²) in [5.41, 5.74) is 0. The first-order valence-corrected chi connectivity index (χ1v) is 2.28. The van der Waals surface area contributed by atoms with E-state index in [1.54, 1.807) is 12.1 Å². The molecule has 0 rings (SSSR count). The van der Waals surface area contributed by atoms with Crippen molar-refractivity contribution in [3.63, 3.8) is 0 Å². The molecule has 0 saturated carbocycles. The Bertz CT molecular complexity index is 79.7. The average molecular weight is 136 g/mol. The Balaban J connectivity index is 0. The summed E-state index contributed by atoms with van der Waals surface area (Å²) in [6.07, 6.45) is 0. The van der Waals surface area contributed by atoms with E-state index in [2.05, 4.69) is 18.8 Å². The molecular formula is C4H6ClNS. The smallest absolute Gasteiger partial charge is 0.0554 e. The molecule has 1 N–H and O–H groups in total. The second-order valence-electron chi connectivity index (χ2n) is 0.778. The van der Waals surface area contributed by atoms with Crippen molar-refractivity contribution in [2.24, 2.45) is 0 Å². The first-order chi connectivity index (χ1) is 3.15.